The first-order valence-electron chi connectivity index (χ1n) is 14.7. The summed E-state index contributed by atoms with van der Waals surface area (Å²) >= 11 is 1.32. The van der Waals surface area contributed by atoms with Gasteiger partial charge in [0.15, 0.2) is 6.10 Å². The van der Waals surface area contributed by atoms with Crippen LogP contribution in [0.2, 0.25) is 0 Å². The smallest absolute Gasteiger partial charge is 0.303 e. The topological polar surface area (TPSA) is 182 Å². The molecule has 1 aliphatic heterocycles. The van der Waals surface area contributed by atoms with Crippen LogP contribution in [-0.2, 0) is 38.2 Å². The van der Waals surface area contributed by atoms with E-state index >= 15 is 0 Å². The number of thiophene rings is 1. The SMILES string of the molecule is CC(=O)OC[C@@H]1O[C@H](c2ccc(C)c(C(OC(C)=O)c3ccc(-c4ccc(F)cc4)s3)c2)[C@@H](CC(=O)[O-])[C@@H](CC(=O)[O-])[C@H]1CC(=O)[O-]. The predicted molar refractivity (Wildman–Crippen MR) is 158 cm³/mol. The van der Waals surface area contributed by atoms with Gasteiger partial charge in [-0.25, -0.2) is 4.39 Å². The van der Waals surface area contributed by atoms with Crippen LogP contribution in [0.15, 0.2) is 54.6 Å². The summed E-state index contributed by atoms with van der Waals surface area (Å²) in [6.07, 6.45) is -5.28. The van der Waals surface area contributed by atoms with Gasteiger partial charge in [-0.05, 0) is 91.0 Å². The maximum absolute atomic E-state index is 13.5. The largest absolute Gasteiger partial charge is 0.550 e. The van der Waals surface area contributed by atoms with E-state index in [0.29, 0.717) is 21.6 Å². The molecule has 11 nitrogen and oxygen atoms in total. The van der Waals surface area contributed by atoms with Crippen LogP contribution in [0.1, 0.15) is 66.9 Å². The van der Waals surface area contributed by atoms with Gasteiger partial charge in [0.1, 0.15) is 12.4 Å². The summed E-state index contributed by atoms with van der Waals surface area (Å²) in [4.78, 5) is 61.0. The number of aryl methyl sites for hydroxylation is 1. The van der Waals surface area contributed by atoms with Gasteiger partial charge in [-0.15, -0.1) is 11.3 Å². The summed E-state index contributed by atoms with van der Waals surface area (Å²) in [6.45, 7) is 3.74. The average Bonchev–Trinajstić information content (AvgIpc) is 3.47. The molecule has 0 aliphatic carbocycles. The Kier molecular flexibility index (Phi) is 11.5. The van der Waals surface area contributed by atoms with E-state index in [2.05, 4.69) is 0 Å². The fourth-order valence-electron chi connectivity index (χ4n) is 6.14. The van der Waals surface area contributed by atoms with Crippen molar-refractivity contribution in [3.8, 4) is 10.4 Å². The number of ether oxygens (including phenoxy) is 3. The Morgan fingerprint density at radius 1 is 0.830 bits per heavy atom. The molecule has 3 aromatic rings. The lowest BCUT2D eigenvalue weighted by atomic mass is 9.68. The number of carbonyl (C=O) groups excluding carboxylic acids is 5. The van der Waals surface area contributed by atoms with Crippen molar-refractivity contribution >= 4 is 41.2 Å². The molecule has 1 fully saturated rings. The first-order valence-corrected chi connectivity index (χ1v) is 15.6. The monoisotopic (exact) mass is 667 g/mol. The molecule has 2 heterocycles. The Balaban J connectivity index is 1.81. The molecule has 0 saturated carbocycles. The lowest BCUT2D eigenvalue weighted by Crippen LogP contribution is -2.50. The van der Waals surface area contributed by atoms with E-state index in [1.54, 1.807) is 43.3 Å². The number of rotatable bonds is 13. The molecule has 1 aliphatic rings. The molecule has 0 bridgehead atoms. The van der Waals surface area contributed by atoms with Gasteiger partial charge in [0.2, 0.25) is 0 Å². The van der Waals surface area contributed by atoms with Crippen LogP contribution < -0.4 is 15.3 Å². The highest BCUT2D eigenvalue weighted by Crippen LogP contribution is 2.48. The fraction of sp³-hybridized carbons (Fsp3) is 0.382. The van der Waals surface area contributed by atoms with Crippen LogP contribution in [-0.4, -0.2) is 42.6 Å². The van der Waals surface area contributed by atoms with E-state index in [1.165, 1.54) is 30.4 Å². The van der Waals surface area contributed by atoms with E-state index in [0.717, 1.165) is 17.4 Å². The molecular weight excluding hydrogens is 635 g/mol. The Morgan fingerprint density at radius 2 is 1.45 bits per heavy atom. The quantitative estimate of drug-likeness (QED) is 0.242. The molecular formula is C34H32FO11S-3. The van der Waals surface area contributed by atoms with Gasteiger partial charge in [0.25, 0.3) is 0 Å². The zero-order valence-corrected chi connectivity index (χ0v) is 26.6. The average molecular weight is 668 g/mol. The number of carboxylic acids is 3. The first-order chi connectivity index (χ1) is 22.2. The molecule has 0 amide bonds. The number of carbonyl (C=O) groups is 5. The molecule has 0 N–H and O–H groups in total. The van der Waals surface area contributed by atoms with Crippen molar-refractivity contribution in [2.45, 2.75) is 58.3 Å². The van der Waals surface area contributed by atoms with Crippen molar-refractivity contribution < 1.29 is 57.9 Å². The van der Waals surface area contributed by atoms with Crippen molar-refractivity contribution in [1.29, 1.82) is 0 Å². The van der Waals surface area contributed by atoms with Gasteiger partial charge in [-0.3, -0.25) is 9.59 Å². The van der Waals surface area contributed by atoms with Gasteiger partial charge in [-0.2, -0.15) is 0 Å². The Hall–Kier alpha value is -4.62. The van der Waals surface area contributed by atoms with Crippen molar-refractivity contribution in [3.63, 3.8) is 0 Å². The maximum Gasteiger partial charge on any atom is 0.303 e. The molecule has 4 rings (SSSR count). The maximum atomic E-state index is 13.5. The zero-order valence-electron chi connectivity index (χ0n) is 25.8. The molecule has 0 radical (unpaired) electrons. The van der Waals surface area contributed by atoms with E-state index < -0.39 is 91.8 Å². The summed E-state index contributed by atoms with van der Waals surface area (Å²) in [5, 5.41) is 35.6. The summed E-state index contributed by atoms with van der Waals surface area (Å²) in [5.74, 6) is -9.57. The summed E-state index contributed by atoms with van der Waals surface area (Å²) in [7, 11) is 0. The van der Waals surface area contributed by atoms with Crippen molar-refractivity contribution in [3.05, 3.63) is 82.0 Å². The predicted octanol–water partition coefficient (Wildman–Crippen LogP) is 1.79. The highest BCUT2D eigenvalue weighted by Gasteiger charge is 2.46. The fourth-order valence-corrected chi connectivity index (χ4v) is 7.20. The number of hydrogen-bond donors (Lipinski definition) is 0. The summed E-state index contributed by atoms with van der Waals surface area (Å²) < 4.78 is 30.7. The first kappa shape index (κ1) is 35.2. The van der Waals surface area contributed by atoms with Gasteiger partial charge >= 0.3 is 11.9 Å². The summed E-state index contributed by atoms with van der Waals surface area (Å²) in [5.41, 5.74) is 2.35. The Morgan fingerprint density at radius 3 is 2.04 bits per heavy atom. The van der Waals surface area contributed by atoms with Crippen LogP contribution in [0.5, 0.6) is 0 Å². The Bertz CT molecular complexity index is 1630. The Labute approximate surface area is 273 Å². The third-order valence-corrected chi connectivity index (χ3v) is 9.34. The van der Waals surface area contributed by atoms with Crippen molar-refractivity contribution in [2.75, 3.05) is 6.61 Å². The third kappa shape index (κ3) is 9.01. The lowest BCUT2D eigenvalue weighted by Gasteiger charge is -2.48. The van der Waals surface area contributed by atoms with E-state index in [1.807, 2.05) is 6.07 Å². The zero-order chi connectivity index (χ0) is 34.4. The molecule has 13 heteroatoms. The highest BCUT2D eigenvalue weighted by atomic mass is 32.1. The second-order valence-electron chi connectivity index (χ2n) is 11.4. The summed E-state index contributed by atoms with van der Waals surface area (Å²) in [6, 6.07) is 14.5. The van der Waals surface area contributed by atoms with Crippen LogP contribution >= 0.6 is 11.3 Å². The lowest BCUT2D eigenvalue weighted by molar-refractivity contribution is -0.318. The minimum absolute atomic E-state index is 0.382. The molecule has 6 atom stereocenters. The molecule has 47 heavy (non-hydrogen) atoms. The van der Waals surface area contributed by atoms with E-state index in [4.69, 9.17) is 14.2 Å². The molecule has 0 spiro atoms. The minimum Gasteiger partial charge on any atom is -0.550 e. The van der Waals surface area contributed by atoms with Crippen LogP contribution in [0.4, 0.5) is 4.39 Å². The second kappa shape index (κ2) is 15.3. The normalized spacial score (nSPS) is 21.4. The third-order valence-electron chi connectivity index (χ3n) is 8.16. The van der Waals surface area contributed by atoms with Crippen LogP contribution in [0.25, 0.3) is 10.4 Å². The second-order valence-corrected chi connectivity index (χ2v) is 12.5. The molecule has 250 valence electrons. The number of aliphatic carboxylic acids is 3. The van der Waals surface area contributed by atoms with Crippen LogP contribution in [0.3, 0.4) is 0 Å². The van der Waals surface area contributed by atoms with Crippen molar-refractivity contribution in [2.24, 2.45) is 17.8 Å². The van der Waals surface area contributed by atoms with E-state index in [-0.39, 0.29) is 5.82 Å². The highest BCUT2D eigenvalue weighted by molar-refractivity contribution is 7.15. The standard InChI is InChI=1S/C34H35FO11S/c1-17-4-5-21(12-23(17)34(45-19(3)37)29-11-10-28(47-29)20-6-8-22(35)9-7-20)33-26(15-32(42)43)24(13-30(38)39)25(14-31(40)41)27(46-33)16-44-18(2)36/h4-12,24-27,33-34H,13-16H2,1-3H3,(H,38,39)(H,40,41)(H,42,43)/p-3/t24-,25+,26-,27-,33+,34?/m0/s1. The number of benzene rings is 2. The van der Waals surface area contributed by atoms with Crippen molar-refractivity contribution in [1.82, 2.24) is 0 Å². The van der Waals surface area contributed by atoms with Gasteiger partial charge in [-0.1, -0.05) is 24.3 Å². The molecule has 2 aromatic carbocycles. The van der Waals surface area contributed by atoms with Gasteiger partial charge < -0.3 is 43.9 Å². The number of halogens is 1. The molecule has 1 saturated heterocycles. The van der Waals surface area contributed by atoms with Gasteiger partial charge in [0.05, 0.1) is 17.1 Å². The number of hydrogen-bond acceptors (Lipinski definition) is 12. The van der Waals surface area contributed by atoms with E-state index in [9.17, 15) is 43.7 Å². The molecule has 1 unspecified atom stereocenters. The van der Waals surface area contributed by atoms with Crippen LogP contribution in [0, 0.1) is 30.5 Å². The number of esters is 2. The number of carboxylic acid groups (broad SMARTS) is 3. The molecule has 1 aromatic heterocycles. The van der Waals surface area contributed by atoms with Gasteiger partial charge in [0, 0.05) is 42.2 Å². The minimum atomic E-state index is -1.54.